The van der Waals surface area contributed by atoms with Gasteiger partial charge in [-0.15, -0.1) is 0 Å². The fourth-order valence-electron chi connectivity index (χ4n) is 4.15. The molecule has 0 saturated heterocycles. The van der Waals surface area contributed by atoms with E-state index in [1.54, 1.807) is 21.3 Å². The van der Waals surface area contributed by atoms with Crippen LogP contribution in [-0.2, 0) is 13.0 Å². The van der Waals surface area contributed by atoms with E-state index in [1.807, 2.05) is 72.5 Å². The van der Waals surface area contributed by atoms with Gasteiger partial charge in [0.25, 0.3) is 5.56 Å². The summed E-state index contributed by atoms with van der Waals surface area (Å²) in [6.45, 7) is 2.96. The van der Waals surface area contributed by atoms with Crippen molar-refractivity contribution in [1.82, 2.24) is 9.88 Å². The van der Waals surface area contributed by atoms with Crippen molar-refractivity contribution in [1.29, 1.82) is 0 Å². The predicted molar refractivity (Wildman–Crippen MR) is 152 cm³/mol. The number of aryl methyl sites for hydroxylation is 1. The normalized spacial score (nSPS) is 10.7. The molecule has 0 aliphatic heterocycles. The van der Waals surface area contributed by atoms with Crippen LogP contribution < -0.4 is 25.1 Å². The lowest BCUT2D eigenvalue weighted by Crippen LogP contribution is -2.37. The number of aromatic nitrogens is 1. The van der Waals surface area contributed by atoms with E-state index in [9.17, 15) is 4.79 Å². The second-order valence-corrected chi connectivity index (χ2v) is 9.12. The zero-order valence-corrected chi connectivity index (χ0v) is 22.3. The Bertz CT molecular complexity index is 1470. The fourth-order valence-corrected chi connectivity index (χ4v) is 4.42. The van der Waals surface area contributed by atoms with E-state index in [4.69, 9.17) is 26.4 Å². The summed E-state index contributed by atoms with van der Waals surface area (Å²) in [5.41, 5.74) is 4.33. The molecule has 0 amide bonds. The number of pyridine rings is 1. The minimum atomic E-state index is -0.128. The summed E-state index contributed by atoms with van der Waals surface area (Å²) in [5.74, 6) is 2.08. The zero-order chi connectivity index (χ0) is 26.4. The highest BCUT2D eigenvalue weighted by atomic mass is 32.1. The number of rotatable bonds is 9. The van der Waals surface area contributed by atoms with Crippen molar-refractivity contribution in [2.75, 3.05) is 33.2 Å². The second-order valence-electron chi connectivity index (χ2n) is 8.74. The molecule has 0 aliphatic rings. The maximum Gasteiger partial charge on any atom is 0.253 e. The number of anilines is 1. The lowest BCUT2D eigenvalue weighted by Gasteiger charge is -2.26. The third kappa shape index (κ3) is 6.40. The number of H-pyrrole nitrogens is 1. The summed E-state index contributed by atoms with van der Waals surface area (Å²) >= 11 is 5.82. The number of aromatic amines is 1. The molecule has 8 heteroatoms. The van der Waals surface area contributed by atoms with E-state index in [1.165, 1.54) is 0 Å². The molecule has 2 N–H and O–H groups in total. The number of fused-ring (bicyclic) bond motifs is 1. The van der Waals surface area contributed by atoms with Crippen LogP contribution in [0.25, 0.3) is 10.9 Å². The molecule has 192 valence electrons. The minimum absolute atomic E-state index is 0.128. The van der Waals surface area contributed by atoms with Gasteiger partial charge in [0.15, 0.2) is 16.6 Å². The number of methoxy groups -OCH3 is 3. The number of nitrogens with one attached hydrogen (secondary N) is 2. The van der Waals surface area contributed by atoms with Crippen molar-refractivity contribution in [3.63, 3.8) is 0 Å². The molecule has 0 atom stereocenters. The molecule has 3 aromatic carbocycles. The highest BCUT2D eigenvalue weighted by Crippen LogP contribution is 2.28. The molecule has 7 nitrogen and oxygen atoms in total. The minimum Gasteiger partial charge on any atom is -0.497 e. The van der Waals surface area contributed by atoms with Gasteiger partial charge in [-0.1, -0.05) is 23.8 Å². The molecule has 4 aromatic rings. The van der Waals surface area contributed by atoms with E-state index in [0.717, 1.165) is 33.5 Å². The SMILES string of the molecule is COc1cccc(NC(=S)N(CCc2ccc(OC)c(OC)c2)Cc2cc3cc(C)ccc3[nH]c2=O)c1. The zero-order valence-electron chi connectivity index (χ0n) is 21.5. The number of thiocarbonyl (C=S) groups is 1. The first-order valence-corrected chi connectivity index (χ1v) is 12.3. The average Bonchev–Trinajstić information content (AvgIpc) is 2.91. The average molecular weight is 518 g/mol. The highest BCUT2D eigenvalue weighted by Gasteiger charge is 2.15. The fraction of sp³-hybridized carbons (Fsp3) is 0.241. The Kier molecular flexibility index (Phi) is 8.30. The molecule has 0 saturated carbocycles. The number of benzene rings is 3. The number of ether oxygens (including phenoxy) is 3. The van der Waals surface area contributed by atoms with Gasteiger partial charge < -0.3 is 29.4 Å². The van der Waals surface area contributed by atoms with Crippen LogP contribution in [0.15, 0.2) is 71.5 Å². The number of nitrogens with zero attached hydrogens (tertiary/aromatic N) is 1. The van der Waals surface area contributed by atoms with Crippen LogP contribution in [0.4, 0.5) is 5.69 Å². The van der Waals surface area contributed by atoms with Crippen LogP contribution >= 0.6 is 12.2 Å². The van der Waals surface area contributed by atoms with Crippen molar-refractivity contribution >= 4 is 33.9 Å². The topological polar surface area (TPSA) is 75.8 Å². The third-order valence-electron chi connectivity index (χ3n) is 6.16. The van der Waals surface area contributed by atoms with Crippen LogP contribution in [0.5, 0.6) is 17.2 Å². The first-order valence-electron chi connectivity index (χ1n) is 11.9. The summed E-state index contributed by atoms with van der Waals surface area (Å²) < 4.78 is 16.2. The first-order chi connectivity index (χ1) is 17.9. The Hall–Kier alpha value is -4.04. The van der Waals surface area contributed by atoms with Crippen molar-refractivity contribution in [3.8, 4) is 17.2 Å². The monoisotopic (exact) mass is 517 g/mol. The quantitative estimate of drug-likeness (QED) is 0.292. The molecule has 1 heterocycles. The number of hydrogen-bond acceptors (Lipinski definition) is 5. The molecule has 37 heavy (non-hydrogen) atoms. The largest absolute Gasteiger partial charge is 0.497 e. The van der Waals surface area contributed by atoms with Gasteiger partial charge >= 0.3 is 0 Å². The second kappa shape index (κ2) is 11.8. The molecule has 1 aromatic heterocycles. The standard InChI is InChI=1S/C29H31N3O4S/c1-19-8-10-25-21(14-19)16-22(28(33)31-25)18-32(29(37)30-23-6-5-7-24(17-23)34-2)13-12-20-9-11-26(35-3)27(15-20)36-4/h5-11,14-17H,12-13,18H2,1-4H3,(H,30,37)(H,31,33). The maximum absolute atomic E-state index is 13.0. The van der Waals surface area contributed by atoms with E-state index in [2.05, 4.69) is 16.4 Å². The first kappa shape index (κ1) is 26.0. The van der Waals surface area contributed by atoms with Crippen LogP contribution in [-0.4, -0.2) is 42.9 Å². The van der Waals surface area contributed by atoms with Crippen LogP contribution in [0, 0.1) is 6.92 Å². The van der Waals surface area contributed by atoms with Crippen molar-refractivity contribution < 1.29 is 14.2 Å². The summed E-state index contributed by atoms with van der Waals surface area (Å²) in [5, 5.41) is 4.80. The van der Waals surface area contributed by atoms with Crippen molar-refractivity contribution in [2.45, 2.75) is 19.9 Å². The molecule has 0 unspecified atom stereocenters. The van der Waals surface area contributed by atoms with Gasteiger partial charge in [0, 0.05) is 29.4 Å². The van der Waals surface area contributed by atoms with Gasteiger partial charge in [-0.05, 0) is 79.0 Å². The maximum atomic E-state index is 13.0. The summed E-state index contributed by atoms with van der Waals surface area (Å²) in [6.07, 6.45) is 0.685. The third-order valence-corrected chi connectivity index (χ3v) is 6.52. The molecule has 4 rings (SSSR count). The van der Waals surface area contributed by atoms with E-state index < -0.39 is 0 Å². The Labute approximate surface area is 222 Å². The van der Waals surface area contributed by atoms with Crippen molar-refractivity contribution in [3.05, 3.63) is 93.8 Å². The Morgan fingerprint density at radius 1 is 0.946 bits per heavy atom. The molecule has 0 bridgehead atoms. The lowest BCUT2D eigenvalue weighted by molar-refractivity contribution is 0.354. The van der Waals surface area contributed by atoms with Crippen molar-refractivity contribution in [2.24, 2.45) is 0 Å². The number of hydrogen-bond donors (Lipinski definition) is 2. The summed E-state index contributed by atoms with van der Waals surface area (Å²) in [6, 6.07) is 21.4. The van der Waals surface area contributed by atoms with Crippen LogP contribution in [0.1, 0.15) is 16.7 Å². The van der Waals surface area contributed by atoms with Crippen LogP contribution in [0.2, 0.25) is 0 Å². The van der Waals surface area contributed by atoms with E-state index in [0.29, 0.717) is 41.7 Å². The molecule has 0 spiro atoms. The van der Waals surface area contributed by atoms with E-state index >= 15 is 0 Å². The predicted octanol–water partition coefficient (Wildman–Crippen LogP) is 5.30. The Balaban J connectivity index is 1.61. The van der Waals surface area contributed by atoms with E-state index in [-0.39, 0.29) is 5.56 Å². The Morgan fingerprint density at radius 2 is 1.76 bits per heavy atom. The summed E-state index contributed by atoms with van der Waals surface area (Å²) in [4.78, 5) is 18.0. The molecular formula is C29H31N3O4S. The molecule has 0 fully saturated rings. The van der Waals surface area contributed by atoms with Crippen LogP contribution in [0.3, 0.4) is 0 Å². The Morgan fingerprint density at radius 3 is 2.51 bits per heavy atom. The van der Waals surface area contributed by atoms with Gasteiger partial charge in [-0.3, -0.25) is 4.79 Å². The molecule has 0 radical (unpaired) electrons. The van der Waals surface area contributed by atoms with Gasteiger partial charge in [-0.25, -0.2) is 0 Å². The van der Waals surface area contributed by atoms with Gasteiger partial charge in [-0.2, -0.15) is 0 Å². The molecular weight excluding hydrogens is 486 g/mol. The lowest BCUT2D eigenvalue weighted by atomic mass is 10.1. The van der Waals surface area contributed by atoms with Gasteiger partial charge in [0.2, 0.25) is 0 Å². The van der Waals surface area contributed by atoms with Gasteiger partial charge in [0.1, 0.15) is 5.75 Å². The molecule has 0 aliphatic carbocycles. The summed E-state index contributed by atoms with van der Waals surface area (Å²) in [7, 11) is 4.86. The smallest absolute Gasteiger partial charge is 0.253 e. The van der Waals surface area contributed by atoms with Gasteiger partial charge in [0.05, 0.1) is 27.9 Å². The highest BCUT2D eigenvalue weighted by molar-refractivity contribution is 7.80.